The molecule has 0 atom stereocenters. The molecule has 4 heterocycles. The maximum atomic E-state index is 13.2. The monoisotopic (exact) mass is 498 g/mol. The Balaban J connectivity index is 1.15. The number of ketones is 1. The molecule has 188 valence electrons. The number of piperidine rings is 1. The Morgan fingerprint density at radius 1 is 1.05 bits per heavy atom. The van der Waals surface area contributed by atoms with E-state index >= 15 is 0 Å². The molecule has 1 fully saturated rings. The van der Waals surface area contributed by atoms with Crippen LogP contribution in [0, 0.1) is 6.92 Å². The lowest BCUT2D eigenvalue weighted by atomic mass is 10.0. The number of aromatic amines is 1. The number of para-hydroxylation sites is 1. The van der Waals surface area contributed by atoms with Gasteiger partial charge in [0.05, 0.1) is 5.52 Å². The van der Waals surface area contributed by atoms with E-state index in [0.717, 1.165) is 36.1 Å². The van der Waals surface area contributed by atoms with Gasteiger partial charge in [0, 0.05) is 43.0 Å². The predicted molar refractivity (Wildman–Crippen MR) is 138 cm³/mol. The number of nitrogens with zero attached hydrogens (tertiary/aromatic N) is 4. The Bertz CT molecular complexity index is 1570. The third kappa shape index (κ3) is 4.35. The molecule has 0 radical (unpaired) electrons. The van der Waals surface area contributed by atoms with Gasteiger partial charge in [0.1, 0.15) is 17.8 Å². The molecule has 0 bridgehead atoms. The van der Waals surface area contributed by atoms with E-state index in [0.29, 0.717) is 42.1 Å². The second kappa shape index (κ2) is 9.20. The average Bonchev–Trinajstić information content (AvgIpc) is 3.21. The summed E-state index contributed by atoms with van der Waals surface area (Å²) >= 11 is 0. The van der Waals surface area contributed by atoms with Crippen LogP contribution in [0.2, 0.25) is 0 Å². The van der Waals surface area contributed by atoms with E-state index in [-0.39, 0.29) is 23.6 Å². The highest BCUT2D eigenvalue weighted by molar-refractivity contribution is 6.09. The summed E-state index contributed by atoms with van der Waals surface area (Å²) in [5.74, 6) is -0.152. The fourth-order valence-corrected chi connectivity index (χ4v) is 5.29. The number of anilines is 2. The molecule has 2 aliphatic heterocycles. The number of rotatable bonds is 4. The minimum atomic E-state index is -0.558. The van der Waals surface area contributed by atoms with Gasteiger partial charge in [-0.15, -0.1) is 0 Å². The van der Waals surface area contributed by atoms with Crippen LogP contribution in [-0.2, 0) is 6.42 Å². The number of carbonyl (C=O) groups is 2. The summed E-state index contributed by atoms with van der Waals surface area (Å²) in [5.41, 5.74) is 4.36. The van der Waals surface area contributed by atoms with Crippen molar-refractivity contribution in [3.63, 3.8) is 0 Å². The summed E-state index contributed by atoms with van der Waals surface area (Å²) in [4.78, 5) is 53.0. The number of hydrogen-bond donors (Lipinski definition) is 2. The van der Waals surface area contributed by atoms with Crippen LogP contribution in [0.4, 0.5) is 16.3 Å². The van der Waals surface area contributed by atoms with Crippen molar-refractivity contribution in [2.75, 3.05) is 29.9 Å². The zero-order chi connectivity index (χ0) is 25.5. The quantitative estimate of drug-likeness (QED) is 0.413. The van der Waals surface area contributed by atoms with Gasteiger partial charge in [-0.1, -0.05) is 18.2 Å². The van der Waals surface area contributed by atoms with Gasteiger partial charge in [-0.2, -0.15) is 0 Å². The lowest BCUT2D eigenvalue weighted by molar-refractivity contribution is 0.103. The third-order valence-electron chi connectivity index (χ3n) is 7.25. The first-order valence-electron chi connectivity index (χ1n) is 12.4. The summed E-state index contributed by atoms with van der Waals surface area (Å²) in [6, 6.07) is 13.0. The topological polar surface area (TPSA) is 124 Å². The Kier molecular flexibility index (Phi) is 5.71. The Labute approximate surface area is 212 Å². The molecule has 0 aliphatic carbocycles. The number of aromatic nitrogens is 3. The SMILES string of the molecule is Cc1cc(C(=O)c2cc(N3CCC(N4CCc5ccccc5NC4=O)CC3)ncn2)cc2oc(=O)[nH]c12. The van der Waals surface area contributed by atoms with E-state index in [2.05, 4.69) is 31.2 Å². The number of hydrogen-bond acceptors (Lipinski definition) is 7. The van der Waals surface area contributed by atoms with E-state index in [4.69, 9.17) is 4.42 Å². The summed E-state index contributed by atoms with van der Waals surface area (Å²) in [7, 11) is 0. The van der Waals surface area contributed by atoms with E-state index in [1.165, 1.54) is 6.33 Å². The number of carbonyl (C=O) groups excluding carboxylic acids is 2. The van der Waals surface area contributed by atoms with Crippen LogP contribution in [0.25, 0.3) is 11.1 Å². The van der Waals surface area contributed by atoms with Crippen LogP contribution < -0.4 is 16.0 Å². The average molecular weight is 499 g/mol. The van der Waals surface area contributed by atoms with Crippen LogP contribution in [-0.4, -0.2) is 57.3 Å². The van der Waals surface area contributed by atoms with Crippen LogP contribution in [0.15, 0.2) is 58.0 Å². The fraction of sp³-hybridized carbons (Fsp3) is 0.296. The highest BCUT2D eigenvalue weighted by atomic mass is 16.4. The van der Waals surface area contributed by atoms with Gasteiger partial charge in [0.15, 0.2) is 5.58 Å². The zero-order valence-corrected chi connectivity index (χ0v) is 20.4. The molecule has 2 amide bonds. The van der Waals surface area contributed by atoms with Crippen LogP contribution >= 0.6 is 0 Å². The molecule has 6 rings (SSSR count). The maximum absolute atomic E-state index is 13.2. The summed E-state index contributed by atoms with van der Waals surface area (Å²) in [6.07, 6.45) is 3.83. The predicted octanol–water partition coefficient (Wildman–Crippen LogP) is 3.51. The summed E-state index contributed by atoms with van der Waals surface area (Å²) < 4.78 is 5.15. The molecule has 10 heteroatoms. The number of aryl methyl sites for hydroxylation is 1. The number of H-pyrrole nitrogens is 1. The van der Waals surface area contributed by atoms with Crippen LogP contribution in [0.1, 0.15) is 40.0 Å². The number of urea groups is 1. The number of benzene rings is 2. The van der Waals surface area contributed by atoms with Gasteiger partial charge in [0.25, 0.3) is 0 Å². The van der Waals surface area contributed by atoms with Crippen molar-refractivity contribution >= 4 is 34.4 Å². The molecule has 37 heavy (non-hydrogen) atoms. The van der Waals surface area contributed by atoms with Crippen LogP contribution in [0.3, 0.4) is 0 Å². The first-order chi connectivity index (χ1) is 18.0. The molecule has 0 unspecified atom stereocenters. The molecule has 2 aliphatic rings. The van der Waals surface area contributed by atoms with Gasteiger partial charge in [-0.05, 0) is 55.5 Å². The largest absolute Gasteiger partial charge is 0.417 e. The number of oxazole rings is 1. The lowest BCUT2D eigenvalue weighted by Gasteiger charge is -2.38. The van der Waals surface area contributed by atoms with Gasteiger partial charge < -0.3 is 19.5 Å². The molecule has 1 saturated heterocycles. The number of fused-ring (bicyclic) bond motifs is 2. The molecule has 0 saturated carbocycles. The van der Waals surface area contributed by atoms with Crippen molar-refractivity contribution in [3.8, 4) is 0 Å². The first kappa shape index (κ1) is 23.0. The Hall–Kier alpha value is -4.47. The van der Waals surface area contributed by atoms with Gasteiger partial charge in [-0.3, -0.25) is 9.78 Å². The minimum absolute atomic E-state index is 0.0520. The van der Waals surface area contributed by atoms with E-state index in [1.54, 1.807) is 18.2 Å². The van der Waals surface area contributed by atoms with Crippen molar-refractivity contribution in [2.24, 2.45) is 0 Å². The highest BCUT2D eigenvalue weighted by Gasteiger charge is 2.30. The second-order valence-electron chi connectivity index (χ2n) is 9.52. The van der Waals surface area contributed by atoms with Crippen molar-refractivity contribution < 1.29 is 14.0 Å². The molecule has 0 spiro atoms. The van der Waals surface area contributed by atoms with Crippen molar-refractivity contribution in [2.45, 2.75) is 32.2 Å². The Morgan fingerprint density at radius 2 is 1.86 bits per heavy atom. The standard InChI is InChI=1S/C27H26N6O4/c1-16-12-18(13-22-24(16)31-27(36)37-22)25(34)21-14-23(29-15-28-21)32-9-7-19(8-10-32)33-11-6-17-4-2-3-5-20(17)30-26(33)35/h2-5,12-15,19H,6-11H2,1H3,(H,30,35)(H,31,36). The molecule has 10 nitrogen and oxygen atoms in total. The molecular formula is C27H26N6O4. The Morgan fingerprint density at radius 3 is 2.70 bits per heavy atom. The van der Waals surface area contributed by atoms with Crippen LogP contribution in [0.5, 0.6) is 0 Å². The van der Waals surface area contributed by atoms with E-state index in [1.807, 2.05) is 30.0 Å². The smallest absolute Gasteiger partial charge is 0.408 e. The number of amides is 2. The molecule has 4 aromatic rings. The van der Waals surface area contributed by atoms with Gasteiger partial charge in [-0.25, -0.2) is 19.6 Å². The zero-order valence-electron chi connectivity index (χ0n) is 20.4. The van der Waals surface area contributed by atoms with Crippen molar-refractivity contribution in [1.82, 2.24) is 19.9 Å². The normalized spacial score (nSPS) is 16.4. The van der Waals surface area contributed by atoms with Gasteiger partial charge >= 0.3 is 11.8 Å². The van der Waals surface area contributed by atoms with Crippen molar-refractivity contribution in [3.05, 3.63) is 81.7 Å². The number of nitrogens with one attached hydrogen (secondary N) is 2. The minimum Gasteiger partial charge on any atom is -0.408 e. The highest BCUT2D eigenvalue weighted by Crippen LogP contribution is 2.27. The van der Waals surface area contributed by atoms with Gasteiger partial charge in [0.2, 0.25) is 5.78 Å². The molecule has 2 aromatic heterocycles. The summed E-state index contributed by atoms with van der Waals surface area (Å²) in [5, 5.41) is 3.05. The third-order valence-corrected chi connectivity index (χ3v) is 7.25. The first-order valence-corrected chi connectivity index (χ1v) is 12.4. The fourth-order valence-electron chi connectivity index (χ4n) is 5.29. The summed E-state index contributed by atoms with van der Waals surface area (Å²) in [6.45, 7) is 3.92. The molecule has 2 aromatic carbocycles. The maximum Gasteiger partial charge on any atom is 0.417 e. The lowest BCUT2D eigenvalue weighted by Crippen LogP contribution is -2.49. The van der Waals surface area contributed by atoms with E-state index in [9.17, 15) is 14.4 Å². The van der Waals surface area contributed by atoms with Crippen molar-refractivity contribution in [1.29, 1.82) is 0 Å². The second-order valence-corrected chi connectivity index (χ2v) is 9.52. The van der Waals surface area contributed by atoms with E-state index < -0.39 is 5.76 Å². The molecule has 2 N–H and O–H groups in total. The molecular weight excluding hydrogens is 472 g/mol.